The first kappa shape index (κ1) is 15.5. The number of carbonyl (C=O) groups excluding carboxylic acids is 2. The zero-order valence-corrected chi connectivity index (χ0v) is 12.9. The van der Waals surface area contributed by atoms with Gasteiger partial charge in [-0.3, -0.25) is 9.59 Å². The number of amides is 2. The minimum Gasteiger partial charge on any atom is -0.355 e. The number of benzene rings is 1. The molecule has 0 spiro atoms. The molecule has 0 atom stereocenters. The smallest absolute Gasteiger partial charge is 0.226 e. The van der Waals surface area contributed by atoms with E-state index in [4.69, 9.17) is 0 Å². The van der Waals surface area contributed by atoms with Gasteiger partial charge in [-0.15, -0.1) is 0 Å². The third kappa shape index (κ3) is 4.31. The van der Waals surface area contributed by atoms with Crippen LogP contribution in [0.5, 0.6) is 0 Å². The molecule has 1 aromatic carbocycles. The predicted molar refractivity (Wildman–Crippen MR) is 84.1 cm³/mol. The van der Waals surface area contributed by atoms with E-state index in [-0.39, 0.29) is 17.7 Å². The van der Waals surface area contributed by atoms with Gasteiger partial charge in [-0.1, -0.05) is 25.0 Å². The van der Waals surface area contributed by atoms with Gasteiger partial charge >= 0.3 is 0 Å². The Morgan fingerprint density at radius 3 is 2.62 bits per heavy atom. The number of aryl methyl sites for hydroxylation is 1. The van der Waals surface area contributed by atoms with Crippen molar-refractivity contribution in [3.05, 3.63) is 29.3 Å². The molecule has 0 radical (unpaired) electrons. The SMILES string of the molecule is Cc1cccc(NC(=O)CCNC(=O)C2CCCC2)c1C. The number of hydrogen-bond acceptors (Lipinski definition) is 2. The Hall–Kier alpha value is -1.84. The van der Waals surface area contributed by atoms with Crippen LogP contribution in [-0.4, -0.2) is 18.4 Å². The van der Waals surface area contributed by atoms with Gasteiger partial charge < -0.3 is 10.6 Å². The van der Waals surface area contributed by atoms with E-state index in [0.29, 0.717) is 13.0 Å². The highest BCUT2D eigenvalue weighted by atomic mass is 16.2. The van der Waals surface area contributed by atoms with E-state index < -0.39 is 0 Å². The van der Waals surface area contributed by atoms with Crippen LogP contribution in [-0.2, 0) is 9.59 Å². The lowest BCUT2D eigenvalue weighted by Crippen LogP contribution is -2.32. The molecular formula is C17H24N2O2. The maximum absolute atomic E-state index is 11.9. The number of anilines is 1. The molecular weight excluding hydrogens is 264 g/mol. The van der Waals surface area contributed by atoms with Gasteiger partial charge in [0.1, 0.15) is 0 Å². The summed E-state index contributed by atoms with van der Waals surface area (Å²) in [5.41, 5.74) is 3.09. The molecule has 0 unspecified atom stereocenters. The molecule has 2 N–H and O–H groups in total. The molecule has 0 saturated heterocycles. The first-order valence-electron chi connectivity index (χ1n) is 7.71. The van der Waals surface area contributed by atoms with Crippen LogP contribution in [0, 0.1) is 19.8 Å². The van der Waals surface area contributed by atoms with Crippen molar-refractivity contribution in [3.63, 3.8) is 0 Å². The highest BCUT2D eigenvalue weighted by Crippen LogP contribution is 2.24. The lowest BCUT2D eigenvalue weighted by molar-refractivity contribution is -0.124. The maximum atomic E-state index is 11.9. The van der Waals surface area contributed by atoms with Crippen LogP contribution in [0.4, 0.5) is 5.69 Å². The average Bonchev–Trinajstić information content (AvgIpc) is 2.98. The van der Waals surface area contributed by atoms with E-state index >= 15 is 0 Å². The summed E-state index contributed by atoms with van der Waals surface area (Å²) in [6.45, 7) is 4.42. The van der Waals surface area contributed by atoms with Crippen LogP contribution in [0.3, 0.4) is 0 Å². The van der Waals surface area contributed by atoms with Crippen molar-refractivity contribution in [1.29, 1.82) is 0 Å². The standard InChI is InChI=1S/C17H24N2O2/c1-12-6-5-9-15(13(12)2)19-16(20)10-11-18-17(21)14-7-3-4-8-14/h5-6,9,14H,3-4,7-8,10-11H2,1-2H3,(H,18,21)(H,19,20). The summed E-state index contributed by atoms with van der Waals surface area (Å²) in [6.07, 6.45) is 4.57. The summed E-state index contributed by atoms with van der Waals surface area (Å²) in [4.78, 5) is 23.8. The normalized spacial score (nSPS) is 15.0. The predicted octanol–water partition coefficient (Wildman–Crippen LogP) is 2.94. The molecule has 4 heteroatoms. The molecule has 4 nitrogen and oxygen atoms in total. The Morgan fingerprint density at radius 1 is 1.19 bits per heavy atom. The Bertz CT molecular complexity index is 520. The van der Waals surface area contributed by atoms with Crippen LogP contribution in [0.1, 0.15) is 43.2 Å². The van der Waals surface area contributed by atoms with Gasteiger partial charge in [0.2, 0.25) is 11.8 Å². The van der Waals surface area contributed by atoms with Crippen LogP contribution >= 0.6 is 0 Å². The van der Waals surface area contributed by atoms with E-state index in [0.717, 1.165) is 42.5 Å². The molecule has 1 fully saturated rings. The third-order valence-corrected chi connectivity index (χ3v) is 4.26. The second kappa shape index (κ2) is 7.25. The van der Waals surface area contributed by atoms with Gasteiger partial charge in [0.05, 0.1) is 0 Å². The summed E-state index contributed by atoms with van der Waals surface area (Å²) in [7, 11) is 0. The molecule has 1 aromatic rings. The van der Waals surface area contributed by atoms with E-state index in [1.165, 1.54) is 0 Å². The van der Waals surface area contributed by atoms with Crippen molar-refractivity contribution < 1.29 is 9.59 Å². The van der Waals surface area contributed by atoms with Crippen LogP contribution in [0.25, 0.3) is 0 Å². The van der Waals surface area contributed by atoms with Gasteiger partial charge in [-0.05, 0) is 43.9 Å². The largest absolute Gasteiger partial charge is 0.355 e. The summed E-state index contributed by atoms with van der Waals surface area (Å²) in [6, 6.07) is 5.85. The van der Waals surface area contributed by atoms with Crippen molar-refractivity contribution in [2.75, 3.05) is 11.9 Å². The summed E-state index contributed by atoms with van der Waals surface area (Å²) in [5, 5.41) is 5.77. The molecule has 0 aliphatic heterocycles. The monoisotopic (exact) mass is 288 g/mol. The lowest BCUT2D eigenvalue weighted by Gasteiger charge is -2.12. The molecule has 2 rings (SSSR count). The number of hydrogen-bond donors (Lipinski definition) is 2. The molecule has 0 bridgehead atoms. The average molecular weight is 288 g/mol. The molecule has 114 valence electrons. The quantitative estimate of drug-likeness (QED) is 0.875. The van der Waals surface area contributed by atoms with Crippen molar-refractivity contribution in [2.45, 2.75) is 46.0 Å². The van der Waals surface area contributed by atoms with E-state index in [1.54, 1.807) is 0 Å². The second-order valence-corrected chi connectivity index (χ2v) is 5.82. The number of rotatable bonds is 5. The van der Waals surface area contributed by atoms with Crippen molar-refractivity contribution >= 4 is 17.5 Å². The molecule has 1 aliphatic carbocycles. The second-order valence-electron chi connectivity index (χ2n) is 5.82. The van der Waals surface area contributed by atoms with Crippen molar-refractivity contribution in [1.82, 2.24) is 5.32 Å². The number of nitrogens with one attached hydrogen (secondary N) is 2. The maximum Gasteiger partial charge on any atom is 0.226 e. The third-order valence-electron chi connectivity index (χ3n) is 4.26. The molecule has 1 aliphatic rings. The molecule has 1 saturated carbocycles. The van der Waals surface area contributed by atoms with E-state index in [2.05, 4.69) is 10.6 Å². The minimum absolute atomic E-state index is 0.0598. The van der Waals surface area contributed by atoms with Crippen LogP contribution in [0.15, 0.2) is 18.2 Å². The Balaban J connectivity index is 1.74. The van der Waals surface area contributed by atoms with E-state index in [9.17, 15) is 9.59 Å². The highest BCUT2D eigenvalue weighted by Gasteiger charge is 2.22. The number of carbonyl (C=O) groups is 2. The van der Waals surface area contributed by atoms with Gasteiger partial charge in [-0.2, -0.15) is 0 Å². The topological polar surface area (TPSA) is 58.2 Å². The molecule has 21 heavy (non-hydrogen) atoms. The van der Waals surface area contributed by atoms with Crippen molar-refractivity contribution in [2.24, 2.45) is 5.92 Å². The molecule has 2 amide bonds. The first-order chi connectivity index (χ1) is 10.1. The molecule has 0 heterocycles. The van der Waals surface area contributed by atoms with Gasteiger partial charge in [0, 0.05) is 24.6 Å². The van der Waals surface area contributed by atoms with Crippen LogP contribution < -0.4 is 10.6 Å². The van der Waals surface area contributed by atoms with Crippen LogP contribution in [0.2, 0.25) is 0 Å². The fourth-order valence-electron chi connectivity index (χ4n) is 2.73. The Labute approximate surface area is 126 Å². The first-order valence-corrected chi connectivity index (χ1v) is 7.71. The Morgan fingerprint density at radius 2 is 1.90 bits per heavy atom. The lowest BCUT2D eigenvalue weighted by atomic mass is 10.1. The summed E-state index contributed by atoms with van der Waals surface area (Å²) >= 11 is 0. The zero-order valence-electron chi connectivity index (χ0n) is 12.9. The Kier molecular flexibility index (Phi) is 5.37. The fraction of sp³-hybridized carbons (Fsp3) is 0.529. The van der Waals surface area contributed by atoms with Gasteiger partial charge in [0.15, 0.2) is 0 Å². The molecule has 0 aromatic heterocycles. The highest BCUT2D eigenvalue weighted by molar-refractivity contribution is 5.92. The minimum atomic E-state index is -0.0598. The zero-order chi connectivity index (χ0) is 15.2. The summed E-state index contributed by atoms with van der Waals surface area (Å²) < 4.78 is 0. The fourth-order valence-corrected chi connectivity index (χ4v) is 2.73. The summed E-state index contributed by atoms with van der Waals surface area (Å²) in [5.74, 6) is 0.203. The van der Waals surface area contributed by atoms with E-state index in [1.807, 2.05) is 32.0 Å². The van der Waals surface area contributed by atoms with Crippen molar-refractivity contribution in [3.8, 4) is 0 Å². The van der Waals surface area contributed by atoms with Gasteiger partial charge in [-0.25, -0.2) is 0 Å². The van der Waals surface area contributed by atoms with Gasteiger partial charge in [0.25, 0.3) is 0 Å².